The van der Waals surface area contributed by atoms with Crippen LogP contribution < -0.4 is 10.6 Å². The van der Waals surface area contributed by atoms with Crippen LogP contribution in [0.25, 0.3) is 0 Å². The van der Waals surface area contributed by atoms with Crippen molar-refractivity contribution in [1.82, 2.24) is 15.5 Å². The van der Waals surface area contributed by atoms with Crippen LogP contribution in [0.5, 0.6) is 0 Å². The monoisotopic (exact) mass is 358 g/mol. The summed E-state index contributed by atoms with van der Waals surface area (Å²) in [7, 11) is 1.76. The van der Waals surface area contributed by atoms with Crippen LogP contribution in [0.4, 0.5) is 0 Å². The summed E-state index contributed by atoms with van der Waals surface area (Å²) in [6.45, 7) is 4.19. The van der Waals surface area contributed by atoms with Crippen LogP contribution >= 0.6 is 0 Å². The molecule has 2 amide bonds. The normalized spacial score (nSPS) is 34.7. The van der Waals surface area contributed by atoms with Gasteiger partial charge in [0, 0.05) is 26.7 Å². The first-order valence-electron chi connectivity index (χ1n) is 10.0. The molecule has 6 heteroatoms. The molecular formula is C20H30N4O2. The molecule has 3 fully saturated rings. The maximum Gasteiger partial charge on any atom is 0.233 e. The third-order valence-corrected chi connectivity index (χ3v) is 6.91. The zero-order chi connectivity index (χ0) is 18.3. The van der Waals surface area contributed by atoms with Crippen molar-refractivity contribution >= 4 is 17.8 Å². The van der Waals surface area contributed by atoms with Gasteiger partial charge >= 0.3 is 0 Å². The van der Waals surface area contributed by atoms with Gasteiger partial charge in [0.15, 0.2) is 5.96 Å². The van der Waals surface area contributed by atoms with Gasteiger partial charge in [0.25, 0.3) is 0 Å². The van der Waals surface area contributed by atoms with Gasteiger partial charge in [-0.05, 0) is 36.5 Å². The molecule has 3 aliphatic carbocycles. The minimum atomic E-state index is -0.0998. The van der Waals surface area contributed by atoms with E-state index < -0.39 is 0 Å². The van der Waals surface area contributed by atoms with E-state index in [4.69, 9.17) is 0 Å². The number of carbonyl (C=O) groups excluding carboxylic acids is 2. The number of guanidine groups is 1. The Balaban J connectivity index is 1.26. The lowest BCUT2D eigenvalue weighted by atomic mass is 9.85. The van der Waals surface area contributed by atoms with Crippen LogP contribution in [-0.2, 0) is 9.59 Å². The number of carbonyl (C=O) groups is 2. The summed E-state index contributed by atoms with van der Waals surface area (Å²) in [4.78, 5) is 31.1. The number of imide groups is 1. The fourth-order valence-electron chi connectivity index (χ4n) is 5.39. The molecule has 1 saturated heterocycles. The Morgan fingerprint density at radius 1 is 1.15 bits per heavy atom. The Kier molecular flexibility index (Phi) is 4.53. The van der Waals surface area contributed by atoms with Gasteiger partial charge in [0.05, 0.1) is 11.8 Å². The van der Waals surface area contributed by atoms with Crippen molar-refractivity contribution in [3.63, 3.8) is 0 Å². The van der Waals surface area contributed by atoms with Crippen molar-refractivity contribution in [3.05, 3.63) is 12.2 Å². The summed E-state index contributed by atoms with van der Waals surface area (Å²) in [6.07, 6.45) is 10.4. The molecule has 2 bridgehead atoms. The molecule has 0 aromatic carbocycles. The molecule has 1 heterocycles. The summed E-state index contributed by atoms with van der Waals surface area (Å²) in [5.74, 6) is 1.16. The van der Waals surface area contributed by atoms with Crippen LogP contribution in [0.2, 0.25) is 0 Å². The molecule has 4 unspecified atom stereocenters. The topological polar surface area (TPSA) is 73.8 Å². The molecule has 4 atom stereocenters. The van der Waals surface area contributed by atoms with Gasteiger partial charge in [-0.1, -0.05) is 31.9 Å². The lowest BCUT2D eigenvalue weighted by Gasteiger charge is -2.25. The minimum Gasteiger partial charge on any atom is -0.356 e. The first-order valence-corrected chi connectivity index (χ1v) is 10.0. The van der Waals surface area contributed by atoms with Gasteiger partial charge in [0.1, 0.15) is 0 Å². The summed E-state index contributed by atoms with van der Waals surface area (Å²) in [6, 6.07) is 0. The van der Waals surface area contributed by atoms with E-state index in [-0.39, 0.29) is 35.5 Å². The number of nitrogens with zero attached hydrogens (tertiary/aromatic N) is 2. The van der Waals surface area contributed by atoms with Crippen molar-refractivity contribution in [1.29, 1.82) is 0 Å². The number of nitrogens with one attached hydrogen (secondary N) is 2. The number of likely N-dealkylation sites (tertiary alicyclic amines) is 1. The quantitative estimate of drug-likeness (QED) is 0.338. The van der Waals surface area contributed by atoms with Gasteiger partial charge < -0.3 is 10.6 Å². The predicted octanol–water partition coefficient (Wildman–Crippen LogP) is 1.54. The Hall–Kier alpha value is -1.85. The maximum absolute atomic E-state index is 12.7. The summed E-state index contributed by atoms with van der Waals surface area (Å²) >= 11 is 0. The average Bonchev–Trinajstić information content (AvgIpc) is 3.39. The third kappa shape index (κ3) is 2.93. The van der Waals surface area contributed by atoms with Crippen molar-refractivity contribution in [3.8, 4) is 0 Å². The van der Waals surface area contributed by atoms with Crippen molar-refractivity contribution in [2.45, 2.75) is 39.0 Å². The number of hydrogen-bond acceptors (Lipinski definition) is 3. The van der Waals surface area contributed by atoms with Gasteiger partial charge in [0.2, 0.25) is 11.8 Å². The first-order chi connectivity index (χ1) is 12.5. The van der Waals surface area contributed by atoms with E-state index >= 15 is 0 Å². The first kappa shape index (κ1) is 17.6. The molecule has 0 spiro atoms. The van der Waals surface area contributed by atoms with Crippen LogP contribution in [0, 0.1) is 29.1 Å². The molecule has 6 nitrogen and oxygen atoms in total. The SMILES string of the molecule is CN=C(NCCN1C(=O)C2C3C=CC(C3)C2C1=O)NCC1(C)CCCC1. The number of fused-ring (bicyclic) bond motifs is 5. The second kappa shape index (κ2) is 6.71. The van der Waals surface area contributed by atoms with E-state index in [0.29, 0.717) is 18.5 Å². The highest BCUT2D eigenvalue weighted by molar-refractivity contribution is 6.06. The Morgan fingerprint density at radius 2 is 1.77 bits per heavy atom. The van der Waals surface area contributed by atoms with E-state index in [2.05, 4.69) is 34.7 Å². The molecule has 4 rings (SSSR count). The fourth-order valence-corrected chi connectivity index (χ4v) is 5.39. The van der Waals surface area contributed by atoms with Crippen LogP contribution in [-0.4, -0.2) is 49.4 Å². The van der Waals surface area contributed by atoms with Crippen molar-refractivity contribution < 1.29 is 9.59 Å². The van der Waals surface area contributed by atoms with E-state index in [1.165, 1.54) is 30.6 Å². The average molecular weight is 358 g/mol. The number of aliphatic imine (C=N–C) groups is 1. The number of rotatable bonds is 5. The van der Waals surface area contributed by atoms with Crippen LogP contribution in [0.3, 0.4) is 0 Å². The molecule has 1 aliphatic heterocycles. The zero-order valence-corrected chi connectivity index (χ0v) is 15.8. The number of hydrogen-bond donors (Lipinski definition) is 2. The lowest BCUT2D eigenvalue weighted by Crippen LogP contribution is -2.45. The van der Waals surface area contributed by atoms with Crippen molar-refractivity contribution in [2.24, 2.45) is 34.1 Å². The van der Waals surface area contributed by atoms with E-state index in [0.717, 1.165) is 18.9 Å². The fraction of sp³-hybridized carbons (Fsp3) is 0.750. The standard InChI is InChI=1S/C20H30N4O2/c1-20(7-3-4-8-20)12-23-19(21-2)22-9-10-24-17(25)15-13-5-6-14(11-13)16(15)18(24)26/h5-6,13-16H,3-4,7-12H2,1-2H3,(H2,21,22,23). The van der Waals surface area contributed by atoms with E-state index in [9.17, 15) is 9.59 Å². The van der Waals surface area contributed by atoms with Crippen LogP contribution in [0.1, 0.15) is 39.0 Å². The smallest absolute Gasteiger partial charge is 0.233 e. The second-order valence-electron chi connectivity index (χ2n) is 8.70. The molecule has 2 N–H and O–H groups in total. The number of allylic oxidation sites excluding steroid dienone is 2. The van der Waals surface area contributed by atoms with Gasteiger partial charge in [-0.2, -0.15) is 0 Å². The van der Waals surface area contributed by atoms with Gasteiger partial charge in [-0.15, -0.1) is 0 Å². The van der Waals surface area contributed by atoms with E-state index in [1.807, 2.05) is 0 Å². The van der Waals surface area contributed by atoms with Gasteiger partial charge in [-0.25, -0.2) is 0 Å². The third-order valence-electron chi connectivity index (χ3n) is 6.91. The molecule has 2 saturated carbocycles. The molecule has 0 aromatic rings. The Morgan fingerprint density at radius 3 is 2.35 bits per heavy atom. The number of amides is 2. The molecule has 0 radical (unpaired) electrons. The maximum atomic E-state index is 12.7. The summed E-state index contributed by atoms with van der Waals surface area (Å²) in [5, 5.41) is 6.66. The highest BCUT2D eigenvalue weighted by atomic mass is 16.2. The summed E-state index contributed by atoms with van der Waals surface area (Å²) in [5.41, 5.74) is 0.349. The Bertz CT molecular complexity index is 620. The highest BCUT2D eigenvalue weighted by Gasteiger charge is 2.58. The van der Waals surface area contributed by atoms with E-state index in [1.54, 1.807) is 7.05 Å². The lowest BCUT2D eigenvalue weighted by molar-refractivity contribution is -0.140. The highest BCUT2D eigenvalue weighted by Crippen LogP contribution is 2.52. The predicted molar refractivity (Wildman–Crippen MR) is 100 cm³/mol. The Labute approximate surface area is 155 Å². The molecular weight excluding hydrogens is 328 g/mol. The summed E-state index contributed by atoms with van der Waals surface area (Å²) < 4.78 is 0. The van der Waals surface area contributed by atoms with Crippen molar-refractivity contribution in [2.75, 3.05) is 26.7 Å². The minimum absolute atomic E-state index is 0.0278. The second-order valence-corrected chi connectivity index (χ2v) is 8.70. The largest absolute Gasteiger partial charge is 0.356 e. The van der Waals surface area contributed by atoms with Crippen LogP contribution in [0.15, 0.2) is 17.1 Å². The van der Waals surface area contributed by atoms with Gasteiger partial charge in [-0.3, -0.25) is 19.5 Å². The molecule has 4 aliphatic rings. The zero-order valence-electron chi connectivity index (χ0n) is 15.8. The molecule has 0 aromatic heterocycles. The molecule has 142 valence electrons. The molecule has 26 heavy (non-hydrogen) atoms.